The summed E-state index contributed by atoms with van der Waals surface area (Å²) in [6.07, 6.45) is -5.21. The fourth-order valence-corrected chi connectivity index (χ4v) is 3.69. The van der Waals surface area contributed by atoms with E-state index in [9.17, 15) is 32.7 Å². The first kappa shape index (κ1) is 23.3. The van der Waals surface area contributed by atoms with E-state index in [-0.39, 0.29) is 35.5 Å². The Bertz CT molecular complexity index is 1090. The summed E-state index contributed by atoms with van der Waals surface area (Å²) in [5.74, 6) is -5.32. The van der Waals surface area contributed by atoms with Gasteiger partial charge in [-0.25, -0.2) is 4.79 Å². The van der Waals surface area contributed by atoms with Gasteiger partial charge >= 0.3 is 12.1 Å². The molecule has 0 saturated heterocycles. The number of rotatable bonds is 6. The third-order valence-corrected chi connectivity index (χ3v) is 5.28. The first-order valence-corrected chi connectivity index (χ1v) is 10.0. The van der Waals surface area contributed by atoms with E-state index in [1.807, 2.05) is 0 Å². The largest absolute Gasteiger partial charge is 0.506 e. The number of phenolic OH excluding ortho intramolecular Hbond substituents is 1. The molecule has 0 saturated carbocycles. The number of aryl methyl sites for hydroxylation is 1. The van der Waals surface area contributed by atoms with Crippen LogP contribution in [-0.4, -0.2) is 28.9 Å². The van der Waals surface area contributed by atoms with Crippen molar-refractivity contribution in [3.63, 3.8) is 0 Å². The zero-order valence-electron chi connectivity index (χ0n) is 17.7. The predicted molar refractivity (Wildman–Crippen MR) is 110 cm³/mol. The van der Waals surface area contributed by atoms with Crippen LogP contribution in [0.25, 0.3) is 0 Å². The van der Waals surface area contributed by atoms with Crippen LogP contribution >= 0.6 is 0 Å². The van der Waals surface area contributed by atoms with Crippen molar-refractivity contribution in [2.24, 2.45) is 5.92 Å². The van der Waals surface area contributed by atoms with E-state index in [4.69, 9.17) is 4.74 Å². The monoisotopic (exact) mass is 449 g/mol. The quantitative estimate of drug-likeness (QED) is 0.483. The Balaban J connectivity index is 2.30. The molecule has 1 unspecified atom stereocenters. The smallest absolute Gasteiger partial charge is 0.400 e. The Kier molecular flexibility index (Phi) is 6.29. The van der Waals surface area contributed by atoms with Gasteiger partial charge in [0.1, 0.15) is 18.3 Å². The molecule has 0 radical (unpaired) electrons. The maximum Gasteiger partial charge on any atom is 0.400 e. The lowest BCUT2D eigenvalue weighted by Crippen LogP contribution is -2.41. The zero-order chi connectivity index (χ0) is 23.8. The van der Waals surface area contributed by atoms with Crippen molar-refractivity contribution >= 4 is 29.0 Å². The highest BCUT2D eigenvalue weighted by Gasteiger charge is 2.47. The highest BCUT2D eigenvalue weighted by Crippen LogP contribution is 2.42. The predicted octanol–water partition coefficient (Wildman–Crippen LogP) is 5.22. The average Bonchev–Trinajstić information content (AvgIpc) is 3.06. The van der Waals surface area contributed by atoms with Gasteiger partial charge in [-0.3, -0.25) is 14.5 Å². The molecule has 2 aromatic rings. The Morgan fingerprint density at radius 3 is 2.44 bits per heavy atom. The number of Topliss-reactive ketones (excluding diaryl/α,β-unsaturated/α-hetero) is 1. The minimum absolute atomic E-state index is 0.0930. The number of ether oxygens (including phenoxy) is 1. The van der Waals surface area contributed by atoms with Crippen LogP contribution in [0.2, 0.25) is 0 Å². The number of amides is 1. The minimum Gasteiger partial charge on any atom is -0.506 e. The van der Waals surface area contributed by atoms with Crippen LogP contribution < -0.4 is 4.90 Å². The van der Waals surface area contributed by atoms with Gasteiger partial charge in [0.2, 0.25) is 5.91 Å². The second-order valence-corrected chi connectivity index (χ2v) is 7.71. The van der Waals surface area contributed by atoms with Gasteiger partial charge in [0.25, 0.3) is 0 Å². The summed E-state index contributed by atoms with van der Waals surface area (Å²) < 4.78 is 46.4. The summed E-state index contributed by atoms with van der Waals surface area (Å²) in [5.41, 5.74) is 0.592. The number of hydrogen-bond donors (Lipinski definition) is 1. The third-order valence-electron chi connectivity index (χ3n) is 5.28. The number of alkyl halides is 3. The van der Waals surface area contributed by atoms with Crippen molar-refractivity contribution in [3.8, 4) is 5.75 Å². The number of phenols is 1. The lowest BCUT2D eigenvalue weighted by Gasteiger charge is -2.30. The highest BCUT2D eigenvalue weighted by molar-refractivity contribution is 6.11. The third kappa shape index (κ3) is 4.32. The number of cyclic esters (lactones) is 1. The number of ketones is 1. The number of aromatic hydroxyl groups is 1. The number of anilines is 2. The molecule has 3 rings (SSSR count). The molecule has 170 valence electrons. The second-order valence-electron chi connectivity index (χ2n) is 7.71. The molecule has 1 atom stereocenters. The molecule has 2 aromatic carbocycles. The lowest BCUT2D eigenvalue weighted by atomic mass is 9.96. The molecule has 1 amide bonds. The molecule has 1 aliphatic heterocycles. The average molecular weight is 449 g/mol. The maximum atomic E-state index is 13.8. The summed E-state index contributed by atoms with van der Waals surface area (Å²) in [6.45, 7) is 4.24. The van der Waals surface area contributed by atoms with Crippen molar-refractivity contribution in [1.29, 1.82) is 0 Å². The normalized spacial score (nSPS) is 14.0. The number of benzene rings is 2. The fraction of sp³-hybridized carbons (Fsp3) is 0.348. The van der Waals surface area contributed by atoms with Gasteiger partial charge in [-0.1, -0.05) is 19.4 Å². The molecule has 1 heterocycles. The van der Waals surface area contributed by atoms with E-state index >= 15 is 0 Å². The molecule has 0 spiro atoms. The molecule has 0 aliphatic carbocycles. The van der Waals surface area contributed by atoms with Gasteiger partial charge in [-0.15, -0.1) is 0 Å². The van der Waals surface area contributed by atoms with E-state index in [1.54, 1.807) is 6.92 Å². The molecule has 0 fully saturated rings. The van der Waals surface area contributed by atoms with E-state index in [2.05, 4.69) is 0 Å². The van der Waals surface area contributed by atoms with Crippen molar-refractivity contribution in [2.45, 2.75) is 46.4 Å². The van der Waals surface area contributed by atoms with Crippen LogP contribution in [0.4, 0.5) is 24.5 Å². The Morgan fingerprint density at radius 1 is 1.19 bits per heavy atom. The topological polar surface area (TPSA) is 83.9 Å². The maximum absolute atomic E-state index is 13.8. The molecule has 0 bridgehead atoms. The van der Waals surface area contributed by atoms with Crippen molar-refractivity contribution in [1.82, 2.24) is 0 Å². The number of nitrogens with zero attached hydrogens (tertiary/aromatic N) is 1. The molecule has 32 heavy (non-hydrogen) atoms. The standard InChI is InChI=1S/C23H22F3NO5/c1-4-5-17(23(24,25)26)21(30)27(18-7-6-12(2)8-20(18)29)19-9-14-11-32-22(31)16(14)10-15(19)13(3)28/h6-10,17,29H,4-5,11H2,1-3H3. The number of fused-ring (bicyclic) bond motifs is 1. The summed E-state index contributed by atoms with van der Waals surface area (Å²) >= 11 is 0. The lowest BCUT2D eigenvalue weighted by molar-refractivity contribution is -0.182. The van der Waals surface area contributed by atoms with Gasteiger partial charge in [-0.2, -0.15) is 13.2 Å². The number of esters is 1. The van der Waals surface area contributed by atoms with E-state index in [1.165, 1.54) is 44.2 Å². The molecule has 9 heteroatoms. The van der Waals surface area contributed by atoms with Crippen LogP contribution in [0.3, 0.4) is 0 Å². The first-order valence-electron chi connectivity index (χ1n) is 10.0. The summed E-state index contributed by atoms with van der Waals surface area (Å²) in [7, 11) is 0. The van der Waals surface area contributed by atoms with Gasteiger partial charge in [-0.05, 0) is 50.1 Å². The van der Waals surface area contributed by atoms with Crippen molar-refractivity contribution in [3.05, 3.63) is 52.6 Å². The van der Waals surface area contributed by atoms with Gasteiger partial charge < -0.3 is 9.84 Å². The van der Waals surface area contributed by atoms with E-state index in [0.29, 0.717) is 11.1 Å². The molecular weight excluding hydrogens is 427 g/mol. The first-order chi connectivity index (χ1) is 15.0. The number of carbonyl (C=O) groups is 3. The molecule has 6 nitrogen and oxygen atoms in total. The van der Waals surface area contributed by atoms with Crippen LogP contribution in [-0.2, 0) is 16.1 Å². The Labute approximate surface area is 182 Å². The minimum atomic E-state index is -4.84. The molecule has 0 aromatic heterocycles. The van der Waals surface area contributed by atoms with E-state index < -0.39 is 41.9 Å². The number of halogens is 3. The molecule has 1 N–H and O–H groups in total. The number of hydrogen-bond acceptors (Lipinski definition) is 5. The van der Waals surface area contributed by atoms with Crippen LogP contribution in [0, 0.1) is 12.8 Å². The Morgan fingerprint density at radius 2 is 1.88 bits per heavy atom. The van der Waals surface area contributed by atoms with Gasteiger partial charge in [0.05, 0.1) is 16.9 Å². The zero-order valence-corrected chi connectivity index (χ0v) is 17.7. The molecular formula is C23H22F3NO5. The summed E-state index contributed by atoms with van der Waals surface area (Å²) in [6, 6.07) is 6.68. The number of carbonyl (C=O) groups excluding carboxylic acids is 3. The molecule has 1 aliphatic rings. The second kappa shape index (κ2) is 8.64. The van der Waals surface area contributed by atoms with Gasteiger partial charge in [0, 0.05) is 11.1 Å². The van der Waals surface area contributed by atoms with Gasteiger partial charge in [0.15, 0.2) is 5.78 Å². The van der Waals surface area contributed by atoms with Crippen LogP contribution in [0.1, 0.15) is 58.5 Å². The highest BCUT2D eigenvalue weighted by atomic mass is 19.4. The van der Waals surface area contributed by atoms with E-state index in [0.717, 1.165) is 4.90 Å². The fourth-order valence-electron chi connectivity index (χ4n) is 3.69. The van der Waals surface area contributed by atoms with Crippen molar-refractivity contribution < 1.29 is 37.4 Å². The summed E-state index contributed by atoms with van der Waals surface area (Å²) in [5, 5.41) is 10.5. The summed E-state index contributed by atoms with van der Waals surface area (Å²) in [4.78, 5) is 38.4. The van der Waals surface area contributed by atoms with Crippen molar-refractivity contribution in [2.75, 3.05) is 4.90 Å². The van der Waals surface area contributed by atoms with Crippen LogP contribution in [0.5, 0.6) is 5.75 Å². The van der Waals surface area contributed by atoms with Crippen LogP contribution in [0.15, 0.2) is 30.3 Å². The SMILES string of the molecule is CCCC(C(=O)N(c1ccc(C)cc1O)c1cc2c(cc1C(C)=O)C(=O)OC2)C(F)(F)F. The Hall–Kier alpha value is -3.36.